The molecule has 1 aliphatic heterocycles. The van der Waals surface area contributed by atoms with E-state index in [1.807, 2.05) is 24.3 Å². The highest BCUT2D eigenvalue weighted by molar-refractivity contribution is 5.43. The highest BCUT2D eigenvalue weighted by atomic mass is 16.7. The summed E-state index contributed by atoms with van der Waals surface area (Å²) in [6.07, 6.45) is 0. The molecule has 0 amide bonds. The van der Waals surface area contributed by atoms with E-state index in [1.165, 1.54) is 0 Å². The summed E-state index contributed by atoms with van der Waals surface area (Å²) in [7, 11) is 0. The molecule has 0 aliphatic carbocycles. The summed E-state index contributed by atoms with van der Waals surface area (Å²) in [6.45, 7) is 15.7. The van der Waals surface area contributed by atoms with Crippen LogP contribution in [0.4, 0.5) is 0 Å². The van der Waals surface area contributed by atoms with Crippen molar-refractivity contribution in [3.63, 3.8) is 0 Å². The van der Waals surface area contributed by atoms with Gasteiger partial charge in [-0.2, -0.15) is 0 Å². The number of fused-ring (bicyclic) bond motifs is 1. The van der Waals surface area contributed by atoms with Crippen LogP contribution < -0.4 is 9.47 Å². The van der Waals surface area contributed by atoms with Gasteiger partial charge >= 0.3 is 0 Å². The second-order valence-corrected chi connectivity index (χ2v) is 7.77. The molecule has 1 aromatic carbocycles. The molecule has 2 N–H and O–H groups in total. The average molecular weight is 338 g/mol. The third-order valence-corrected chi connectivity index (χ3v) is 4.70. The van der Waals surface area contributed by atoms with Gasteiger partial charge in [0.15, 0.2) is 17.3 Å². The lowest BCUT2D eigenvalue weighted by molar-refractivity contribution is -0.221. The van der Waals surface area contributed by atoms with Gasteiger partial charge in [-0.05, 0) is 12.1 Å². The van der Waals surface area contributed by atoms with Gasteiger partial charge in [0, 0.05) is 23.7 Å². The Morgan fingerprint density at radius 1 is 0.750 bits per heavy atom. The summed E-state index contributed by atoms with van der Waals surface area (Å²) >= 11 is 0. The number of aliphatic hydroxyl groups is 2. The van der Waals surface area contributed by atoms with Gasteiger partial charge in [-0.15, -0.1) is 0 Å². The molecule has 0 spiro atoms. The zero-order chi connectivity index (χ0) is 18.7. The van der Waals surface area contributed by atoms with E-state index in [2.05, 4.69) is 27.7 Å². The molecule has 138 valence electrons. The Bertz CT molecular complexity index is 473. The Hall–Kier alpha value is -1.26. The van der Waals surface area contributed by atoms with Crippen molar-refractivity contribution >= 4 is 0 Å². The van der Waals surface area contributed by atoms with E-state index in [1.54, 1.807) is 27.7 Å². The van der Waals surface area contributed by atoms with Crippen molar-refractivity contribution in [2.45, 2.75) is 67.0 Å². The highest BCUT2D eigenvalue weighted by Gasteiger charge is 2.47. The molecular weight excluding hydrogens is 304 g/mol. The first-order chi connectivity index (χ1) is 10.9. The van der Waals surface area contributed by atoms with Gasteiger partial charge < -0.3 is 19.7 Å². The van der Waals surface area contributed by atoms with E-state index in [0.717, 1.165) is 11.5 Å². The van der Waals surface area contributed by atoms with Gasteiger partial charge in [0.1, 0.15) is 0 Å². The smallest absolute Gasteiger partial charge is 0.256 e. The molecule has 4 heteroatoms. The second-order valence-electron chi connectivity index (χ2n) is 7.77. The summed E-state index contributed by atoms with van der Waals surface area (Å²) in [5.74, 6) is 0.175. The molecule has 0 fully saturated rings. The molecule has 24 heavy (non-hydrogen) atoms. The number of para-hydroxylation sites is 2. The largest absolute Gasteiger partial charge is 0.448 e. The van der Waals surface area contributed by atoms with Crippen LogP contribution in [0.25, 0.3) is 0 Å². The first-order valence-corrected chi connectivity index (χ1v) is 8.86. The minimum Gasteiger partial charge on any atom is -0.448 e. The van der Waals surface area contributed by atoms with Crippen LogP contribution in [0, 0.1) is 23.7 Å². The molecule has 0 bridgehead atoms. The molecule has 0 atom stereocenters. The van der Waals surface area contributed by atoms with Gasteiger partial charge in [-0.25, -0.2) is 0 Å². The summed E-state index contributed by atoms with van der Waals surface area (Å²) < 4.78 is 12.0. The number of hydrogen-bond donors (Lipinski definition) is 2. The number of benzene rings is 1. The molecule has 0 unspecified atom stereocenters. The lowest BCUT2D eigenvalue weighted by Gasteiger charge is -2.35. The third-order valence-electron chi connectivity index (χ3n) is 4.70. The predicted octanol–water partition coefficient (Wildman–Crippen LogP) is 4.45. The Balaban J connectivity index is 0.000000277. The number of ether oxygens (including phenoxy) is 2. The van der Waals surface area contributed by atoms with Gasteiger partial charge in [-0.3, -0.25) is 0 Å². The fraction of sp³-hybridized carbons (Fsp3) is 0.700. The molecule has 1 aliphatic rings. The molecule has 0 saturated heterocycles. The maximum absolute atomic E-state index is 9.22. The maximum atomic E-state index is 9.22. The third kappa shape index (κ3) is 4.22. The maximum Gasteiger partial charge on any atom is 0.256 e. The zero-order valence-corrected chi connectivity index (χ0v) is 16.3. The summed E-state index contributed by atoms with van der Waals surface area (Å²) in [5.41, 5.74) is 0. The van der Waals surface area contributed by atoms with Crippen LogP contribution in [0.5, 0.6) is 11.5 Å². The van der Waals surface area contributed by atoms with Gasteiger partial charge in [0.2, 0.25) is 0 Å². The monoisotopic (exact) mass is 338 g/mol. The van der Waals surface area contributed by atoms with Crippen LogP contribution >= 0.6 is 0 Å². The molecule has 1 heterocycles. The first kappa shape index (κ1) is 20.8. The molecule has 4 nitrogen and oxygen atoms in total. The summed E-state index contributed by atoms with van der Waals surface area (Å²) in [6, 6.07) is 7.86. The quantitative estimate of drug-likeness (QED) is 0.797. The normalized spacial score (nSPS) is 15.9. The summed E-state index contributed by atoms with van der Waals surface area (Å²) in [4.78, 5) is 0. The van der Waals surface area contributed by atoms with Crippen LogP contribution in [-0.4, -0.2) is 21.8 Å². The lowest BCUT2D eigenvalue weighted by Crippen LogP contribution is -2.48. The Kier molecular flexibility index (Phi) is 6.71. The van der Waals surface area contributed by atoms with E-state index in [-0.39, 0.29) is 11.8 Å². The molecular formula is C20H34O4. The van der Waals surface area contributed by atoms with Gasteiger partial charge in [0.25, 0.3) is 5.79 Å². The minimum absolute atomic E-state index is 0.0995. The average Bonchev–Trinajstić information content (AvgIpc) is 2.88. The standard InChI is InChI=1S/C13H18O2.C7H16O2/c1-9(2)13(10(3)4)14-11-7-5-6-8-12(11)15-13;1-5(2)7(8,9)6(3)4/h5-10H,1-4H3;5-6,8-9H,1-4H3. The Labute approximate surface area is 146 Å². The molecule has 2 rings (SSSR count). The van der Waals surface area contributed by atoms with E-state index >= 15 is 0 Å². The van der Waals surface area contributed by atoms with E-state index in [4.69, 9.17) is 9.47 Å². The van der Waals surface area contributed by atoms with Crippen LogP contribution in [0.1, 0.15) is 55.4 Å². The van der Waals surface area contributed by atoms with Crippen molar-refractivity contribution < 1.29 is 19.7 Å². The van der Waals surface area contributed by atoms with E-state index in [0.29, 0.717) is 11.8 Å². The predicted molar refractivity (Wildman–Crippen MR) is 96.9 cm³/mol. The SMILES string of the molecule is CC(C)C(O)(O)C(C)C.CC(C)C1(C(C)C)Oc2ccccc2O1. The topological polar surface area (TPSA) is 58.9 Å². The van der Waals surface area contributed by atoms with Crippen molar-refractivity contribution in [3.8, 4) is 11.5 Å². The van der Waals surface area contributed by atoms with Gasteiger partial charge in [-0.1, -0.05) is 67.5 Å². The molecule has 0 aromatic heterocycles. The first-order valence-electron chi connectivity index (χ1n) is 8.86. The van der Waals surface area contributed by atoms with Crippen LogP contribution in [-0.2, 0) is 0 Å². The number of rotatable bonds is 4. The van der Waals surface area contributed by atoms with Crippen molar-refractivity contribution in [1.82, 2.24) is 0 Å². The van der Waals surface area contributed by atoms with Crippen molar-refractivity contribution in [3.05, 3.63) is 24.3 Å². The Morgan fingerprint density at radius 2 is 1.08 bits per heavy atom. The minimum atomic E-state index is -1.50. The van der Waals surface area contributed by atoms with Crippen molar-refractivity contribution in [1.29, 1.82) is 0 Å². The van der Waals surface area contributed by atoms with Crippen LogP contribution in [0.15, 0.2) is 24.3 Å². The van der Waals surface area contributed by atoms with Crippen molar-refractivity contribution in [2.75, 3.05) is 0 Å². The van der Waals surface area contributed by atoms with E-state index < -0.39 is 11.6 Å². The highest BCUT2D eigenvalue weighted by Crippen LogP contribution is 2.45. The van der Waals surface area contributed by atoms with Crippen LogP contribution in [0.3, 0.4) is 0 Å². The van der Waals surface area contributed by atoms with Crippen LogP contribution in [0.2, 0.25) is 0 Å². The lowest BCUT2D eigenvalue weighted by atomic mass is 9.91. The number of hydrogen-bond acceptors (Lipinski definition) is 4. The van der Waals surface area contributed by atoms with Gasteiger partial charge in [0.05, 0.1) is 0 Å². The fourth-order valence-corrected chi connectivity index (χ4v) is 2.79. The molecule has 1 aromatic rings. The molecule has 0 radical (unpaired) electrons. The molecule has 0 saturated carbocycles. The second kappa shape index (κ2) is 7.75. The van der Waals surface area contributed by atoms with Crippen molar-refractivity contribution in [2.24, 2.45) is 23.7 Å². The van der Waals surface area contributed by atoms with E-state index in [9.17, 15) is 10.2 Å². The fourth-order valence-electron chi connectivity index (χ4n) is 2.79. The summed E-state index contributed by atoms with van der Waals surface area (Å²) in [5, 5.41) is 18.4. The zero-order valence-electron chi connectivity index (χ0n) is 16.3. The Morgan fingerprint density at radius 3 is 1.29 bits per heavy atom.